The molecule has 2 aromatic rings. The Hall–Kier alpha value is -1.36. The third-order valence-electron chi connectivity index (χ3n) is 2.61. The topological polar surface area (TPSA) is 60.2 Å². The molecular weight excluding hydrogens is 333 g/mol. The second kappa shape index (κ2) is 7.07. The van der Waals surface area contributed by atoms with Crippen molar-refractivity contribution in [3.05, 3.63) is 39.3 Å². The summed E-state index contributed by atoms with van der Waals surface area (Å²) in [6, 6.07) is 6.65. The van der Waals surface area contributed by atoms with E-state index in [2.05, 4.69) is 10.3 Å². The number of pyridine rings is 1. The Kier molecular flexibility index (Phi) is 5.39. The molecule has 0 aliphatic rings. The number of benzene rings is 1. The fraction of sp³-hybridized carbons (Fsp3) is 0.214. The first kappa shape index (κ1) is 16.0. The molecule has 3 N–H and O–H groups in total. The summed E-state index contributed by atoms with van der Waals surface area (Å²) in [5, 5.41) is 4.30. The van der Waals surface area contributed by atoms with E-state index >= 15 is 0 Å². The van der Waals surface area contributed by atoms with Crippen molar-refractivity contribution in [2.75, 3.05) is 17.7 Å². The molecule has 0 bridgehead atoms. The normalized spacial score (nSPS) is 10.5. The van der Waals surface area contributed by atoms with Crippen LogP contribution in [-0.2, 0) is 0 Å². The molecule has 0 fully saturated rings. The van der Waals surface area contributed by atoms with E-state index in [1.165, 1.54) is 0 Å². The van der Waals surface area contributed by atoms with Crippen molar-refractivity contribution >= 4 is 52.0 Å². The Bertz CT molecular complexity index is 650. The van der Waals surface area contributed by atoms with E-state index in [0.29, 0.717) is 44.7 Å². The third-order valence-corrected chi connectivity index (χ3v) is 3.64. The van der Waals surface area contributed by atoms with Gasteiger partial charge in [0.25, 0.3) is 0 Å². The Balaban J connectivity index is 2.25. The van der Waals surface area contributed by atoms with Crippen molar-refractivity contribution in [1.82, 2.24) is 4.98 Å². The number of nitrogens with zero attached hydrogens (tertiary/aromatic N) is 1. The predicted octanol–water partition coefficient (Wildman–Crippen LogP) is 5.16. The first-order valence-corrected chi connectivity index (χ1v) is 7.45. The molecule has 0 amide bonds. The molecule has 0 radical (unpaired) electrons. The number of ether oxygens (including phenoxy) is 1. The highest BCUT2D eigenvalue weighted by Crippen LogP contribution is 2.34. The van der Waals surface area contributed by atoms with Gasteiger partial charge in [0.2, 0.25) is 5.88 Å². The van der Waals surface area contributed by atoms with Crippen LogP contribution in [0.15, 0.2) is 24.3 Å². The number of halogens is 3. The van der Waals surface area contributed by atoms with Crippen molar-refractivity contribution in [2.45, 2.75) is 13.3 Å². The average molecular weight is 347 g/mol. The molecule has 1 aromatic heterocycles. The van der Waals surface area contributed by atoms with E-state index in [-0.39, 0.29) is 0 Å². The first-order valence-electron chi connectivity index (χ1n) is 6.32. The number of hydrogen-bond acceptors (Lipinski definition) is 4. The number of anilines is 3. The highest BCUT2D eigenvalue weighted by Gasteiger charge is 2.09. The van der Waals surface area contributed by atoms with Gasteiger partial charge in [0.1, 0.15) is 5.82 Å². The van der Waals surface area contributed by atoms with E-state index in [4.69, 9.17) is 45.3 Å². The maximum absolute atomic E-state index is 6.12. The van der Waals surface area contributed by atoms with Crippen LogP contribution in [0.1, 0.15) is 13.3 Å². The third kappa shape index (κ3) is 4.06. The second-order valence-electron chi connectivity index (χ2n) is 4.31. The number of nitrogens with one attached hydrogen (secondary N) is 1. The Morgan fingerprint density at radius 3 is 2.57 bits per heavy atom. The van der Waals surface area contributed by atoms with E-state index in [9.17, 15) is 0 Å². The van der Waals surface area contributed by atoms with E-state index < -0.39 is 0 Å². The molecule has 0 aliphatic carbocycles. The van der Waals surface area contributed by atoms with Crippen LogP contribution < -0.4 is 15.8 Å². The van der Waals surface area contributed by atoms with Gasteiger partial charge in [0.05, 0.1) is 33.0 Å². The van der Waals surface area contributed by atoms with Gasteiger partial charge in [-0.1, -0.05) is 41.7 Å². The van der Waals surface area contributed by atoms with Gasteiger partial charge in [-0.2, -0.15) is 4.98 Å². The SMILES string of the molecule is CCCOc1nc(Nc2cc(Cl)c(Cl)cc2Cl)ccc1N. The van der Waals surface area contributed by atoms with Crippen molar-refractivity contribution in [3.8, 4) is 5.88 Å². The van der Waals surface area contributed by atoms with Gasteiger partial charge in [-0.25, -0.2) is 0 Å². The van der Waals surface area contributed by atoms with Crippen LogP contribution in [0, 0.1) is 0 Å². The van der Waals surface area contributed by atoms with Crippen molar-refractivity contribution in [2.24, 2.45) is 0 Å². The number of nitrogens with two attached hydrogens (primary N) is 1. The number of aromatic nitrogens is 1. The average Bonchev–Trinajstić information content (AvgIpc) is 2.45. The summed E-state index contributed by atoms with van der Waals surface area (Å²) < 4.78 is 5.48. The number of hydrogen-bond donors (Lipinski definition) is 2. The van der Waals surface area contributed by atoms with Gasteiger partial charge >= 0.3 is 0 Å². The molecule has 0 unspecified atom stereocenters. The lowest BCUT2D eigenvalue weighted by Gasteiger charge is -2.12. The zero-order valence-corrected chi connectivity index (χ0v) is 13.6. The lowest BCUT2D eigenvalue weighted by atomic mass is 10.3. The van der Waals surface area contributed by atoms with Crippen LogP contribution in [0.2, 0.25) is 15.1 Å². The van der Waals surface area contributed by atoms with Crippen molar-refractivity contribution < 1.29 is 4.74 Å². The summed E-state index contributed by atoms with van der Waals surface area (Å²) in [7, 11) is 0. The largest absolute Gasteiger partial charge is 0.476 e. The minimum absolute atomic E-state index is 0.387. The van der Waals surface area contributed by atoms with Crippen LogP contribution >= 0.6 is 34.8 Å². The molecule has 0 saturated heterocycles. The maximum atomic E-state index is 6.12. The highest BCUT2D eigenvalue weighted by molar-refractivity contribution is 6.44. The fourth-order valence-electron chi connectivity index (χ4n) is 1.59. The Morgan fingerprint density at radius 1 is 1.14 bits per heavy atom. The number of rotatable bonds is 5. The molecule has 7 heteroatoms. The van der Waals surface area contributed by atoms with Crippen LogP contribution in [0.5, 0.6) is 5.88 Å². The predicted molar refractivity (Wildman–Crippen MR) is 89.2 cm³/mol. The molecule has 2 rings (SSSR count). The second-order valence-corrected chi connectivity index (χ2v) is 5.53. The zero-order chi connectivity index (χ0) is 15.4. The number of nitrogen functional groups attached to an aromatic ring is 1. The zero-order valence-electron chi connectivity index (χ0n) is 11.3. The maximum Gasteiger partial charge on any atom is 0.239 e. The van der Waals surface area contributed by atoms with Gasteiger partial charge in [0.15, 0.2) is 0 Å². The molecular formula is C14H14Cl3N3O. The molecule has 1 heterocycles. The highest BCUT2D eigenvalue weighted by atomic mass is 35.5. The Morgan fingerprint density at radius 2 is 1.86 bits per heavy atom. The minimum Gasteiger partial charge on any atom is -0.476 e. The minimum atomic E-state index is 0.387. The summed E-state index contributed by atoms with van der Waals surface area (Å²) in [5.74, 6) is 0.939. The van der Waals surface area contributed by atoms with Gasteiger partial charge in [-0.3, -0.25) is 0 Å². The van der Waals surface area contributed by atoms with Gasteiger partial charge in [0, 0.05) is 0 Å². The molecule has 0 saturated carbocycles. The smallest absolute Gasteiger partial charge is 0.239 e. The summed E-state index contributed by atoms with van der Waals surface area (Å²) in [6.07, 6.45) is 0.872. The Labute approximate surface area is 138 Å². The molecule has 4 nitrogen and oxygen atoms in total. The standard InChI is InChI=1S/C14H14Cl3N3O/c1-2-5-21-14-11(18)3-4-13(20-14)19-12-7-9(16)8(15)6-10(12)17/h3-4,6-7H,2,5,18H2,1H3,(H,19,20). The fourth-order valence-corrected chi connectivity index (χ4v) is 2.19. The molecule has 0 atom stereocenters. The van der Waals surface area contributed by atoms with Crippen LogP contribution in [0.3, 0.4) is 0 Å². The van der Waals surface area contributed by atoms with Gasteiger partial charge in [-0.15, -0.1) is 0 Å². The van der Waals surface area contributed by atoms with E-state index in [1.54, 1.807) is 24.3 Å². The summed E-state index contributed by atoms with van der Waals surface area (Å²) in [4.78, 5) is 4.31. The monoisotopic (exact) mass is 345 g/mol. The molecule has 1 aromatic carbocycles. The van der Waals surface area contributed by atoms with Crippen LogP contribution in [0.4, 0.5) is 17.2 Å². The molecule has 21 heavy (non-hydrogen) atoms. The molecule has 0 spiro atoms. The quantitative estimate of drug-likeness (QED) is 0.734. The van der Waals surface area contributed by atoms with Crippen LogP contribution in [-0.4, -0.2) is 11.6 Å². The summed E-state index contributed by atoms with van der Waals surface area (Å²) in [5.41, 5.74) is 6.90. The van der Waals surface area contributed by atoms with Crippen molar-refractivity contribution in [3.63, 3.8) is 0 Å². The lowest BCUT2D eigenvalue weighted by molar-refractivity contribution is 0.307. The van der Waals surface area contributed by atoms with Crippen LogP contribution in [0.25, 0.3) is 0 Å². The van der Waals surface area contributed by atoms with Gasteiger partial charge < -0.3 is 15.8 Å². The molecule has 0 aliphatic heterocycles. The summed E-state index contributed by atoms with van der Waals surface area (Å²) >= 11 is 18.0. The first-order chi connectivity index (χ1) is 10.0. The van der Waals surface area contributed by atoms with Gasteiger partial charge in [-0.05, 0) is 30.7 Å². The van der Waals surface area contributed by atoms with E-state index in [1.807, 2.05) is 6.92 Å². The lowest BCUT2D eigenvalue weighted by Crippen LogP contribution is -2.03. The summed E-state index contributed by atoms with van der Waals surface area (Å²) in [6.45, 7) is 2.56. The van der Waals surface area contributed by atoms with Crippen molar-refractivity contribution in [1.29, 1.82) is 0 Å². The molecule has 112 valence electrons. The van der Waals surface area contributed by atoms with E-state index in [0.717, 1.165) is 6.42 Å².